The number of rotatable bonds is 4. The fourth-order valence-corrected chi connectivity index (χ4v) is 4.42. The summed E-state index contributed by atoms with van der Waals surface area (Å²) >= 11 is 0. The van der Waals surface area contributed by atoms with Gasteiger partial charge in [0, 0.05) is 34.0 Å². The van der Waals surface area contributed by atoms with Crippen LogP contribution < -0.4 is 10.2 Å². The van der Waals surface area contributed by atoms with E-state index < -0.39 is 0 Å². The van der Waals surface area contributed by atoms with Crippen LogP contribution in [0.25, 0.3) is 22.3 Å². The molecule has 2 fully saturated rings. The molecule has 1 aromatic heterocycles. The number of ether oxygens (including phenoxy) is 1. The minimum absolute atomic E-state index is 0. The highest BCUT2D eigenvalue weighted by atomic mass is 19.1. The van der Waals surface area contributed by atoms with Gasteiger partial charge in [-0.15, -0.1) is 0 Å². The molecule has 0 radical (unpaired) electrons. The van der Waals surface area contributed by atoms with E-state index in [1.165, 1.54) is 12.1 Å². The molecule has 2 N–H and O–H groups in total. The summed E-state index contributed by atoms with van der Waals surface area (Å²) in [7, 11) is 0. The molecule has 3 heterocycles. The number of halogens is 1. The van der Waals surface area contributed by atoms with Crippen molar-refractivity contribution >= 4 is 22.6 Å². The van der Waals surface area contributed by atoms with E-state index in [1.807, 2.05) is 6.07 Å². The Bertz CT molecular complexity index is 1150. The lowest BCUT2D eigenvalue weighted by Crippen LogP contribution is -2.47. The minimum atomic E-state index is -0.351. The molecule has 0 saturated carbocycles. The number of anilines is 1. The molecule has 2 aliphatic heterocycles. The zero-order valence-corrected chi connectivity index (χ0v) is 17.6. The molecule has 2 saturated heterocycles. The molecule has 0 unspecified atom stereocenters. The van der Waals surface area contributed by atoms with Crippen LogP contribution in [0.5, 0.6) is 5.75 Å². The number of nitrogens with zero attached hydrogens (tertiary/aromatic N) is 3. The molecule has 2 aliphatic rings. The van der Waals surface area contributed by atoms with Crippen molar-refractivity contribution in [2.75, 3.05) is 24.6 Å². The van der Waals surface area contributed by atoms with E-state index in [0.717, 1.165) is 25.7 Å². The van der Waals surface area contributed by atoms with Crippen LogP contribution in [0.1, 0.15) is 28.5 Å². The number of carbonyl (C=O) groups is 1. The van der Waals surface area contributed by atoms with Crippen LogP contribution in [-0.4, -0.2) is 52.8 Å². The van der Waals surface area contributed by atoms with Gasteiger partial charge in [0.2, 0.25) is 5.91 Å². The summed E-state index contributed by atoms with van der Waals surface area (Å²) in [6.07, 6.45) is 2.88. The SMILES string of the molecule is O=C(NC1CCN(c2nc(-c3ccccc3O)nc3ccc(F)cc23)CC1)[C@H]1CCCO1.[HH].[HH]. The predicted molar refractivity (Wildman–Crippen MR) is 123 cm³/mol. The lowest BCUT2D eigenvalue weighted by atomic mass is 10.0. The second-order valence-electron chi connectivity index (χ2n) is 8.32. The highest BCUT2D eigenvalue weighted by molar-refractivity contribution is 5.91. The summed E-state index contributed by atoms with van der Waals surface area (Å²) in [4.78, 5) is 23.8. The van der Waals surface area contributed by atoms with E-state index in [1.54, 1.807) is 24.3 Å². The van der Waals surface area contributed by atoms with E-state index >= 15 is 0 Å². The summed E-state index contributed by atoms with van der Waals surface area (Å²) < 4.78 is 19.5. The lowest BCUT2D eigenvalue weighted by molar-refractivity contribution is -0.130. The number of aromatic hydroxyl groups is 1. The molecular formula is C24H29FN4O3. The molecule has 8 heteroatoms. The summed E-state index contributed by atoms with van der Waals surface area (Å²) in [5.41, 5.74) is 1.14. The summed E-state index contributed by atoms with van der Waals surface area (Å²) in [5, 5.41) is 14.0. The average Bonchev–Trinajstić information content (AvgIpc) is 3.35. The third-order valence-electron chi connectivity index (χ3n) is 6.15. The van der Waals surface area contributed by atoms with Crippen molar-refractivity contribution in [3.05, 3.63) is 48.3 Å². The molecular weight excluding hydrogens is 411 g/mol. The van der Waals surface area contributed by atoms with Crippen LogP contribution in [0.3, 0.4) is 0 Å². The summed E-state index contributed by atoms with van der Waals surface area (Å²) in [5.74, 6) is 0.742. The van der Waals surface area contributed by atoms with Gasteiger partial charge in [-0.1, -0.05) is 12.1 Å². The number of phenols is 1. The number of piperidine rings is 1. The van der Waals surface area contributed by atoms with Crippen molar-refractivity contribution < 1.29 is 21.9 Å². The van der Waals surface area contributed by atoms with E-state index in [0.29, 0.717) is 47.8 Å². The van der Waals surface area contributed by atoms with Gasteiger partial charge in [0.25, 0.3) is 0 Å². The first kappa shape index (κ1) is 20.6. The molecule has 170 valence electrons. The zero-order chi connectivity index (χ0) is 22.1. The van der Waals surface area contributed by atoms with Crippen molar-refractivity contribution in [1.29, 1.82) is 0 Å². The molecule has 5 rings (SSSR count). The molecule has 0 bridgehead atoms. The number of hydrogen-bond acceptors (Lipinski definition) is 6. The fourth-order valence-electron chi connectivity index (χ4n) is 4.42. The molecule has 1 atom stereocenters. The van der Waals surface area contributed by atoms with E-state index in [2.05, 4.69) is 15.2 Å². The van der Waals surface area contributed by atoms with Gasteiger partial charge >= 0.3 is 0 Å². The van der Waals surface area contributed by atoms with Crippen LogP contribution in [0, 0.1) is 5.82 Å². The Kier molecular flexibility index (Phi) is 5.61. The number of benzene rings is 2. The van der Waals surface area contributed by atoms with Crippen LogP contribution in [-0.2, 0) is 9.53 Å². The van der Waals surface area contributed by atoms with Gasteiger partial charge in [-0.3, -0.25) is 4.79 Å². The van der Waals surface area contributed by atoms with Crippen LogP contribution in [0.2, 0.25) is 0 Å². The highest BCUT2D eigenvalue weighted by Gasteiger charge is 2.28. The molecule has 7 nitrogen and oxygen atoms in total. The van der Waals surface area contributed by atoms with Gasteiger partial charge in [-0.2, -0.15) is 0 Å². The zero-order valence-electron chi connectivity index (χ0n) is 17.6. The van der Waals surface area contributed by atoms with Gasteiger partial charge < -0.3 is 20.1 Å². The maximum Gasteiger partial charge on any atom is 0.249 e. The van der Waals surface area contributed by atoms with E-state index in [4.69, 9.17) is 9.72 Å². The van der Waals surface area contributed by atoms with Gasteiger partial charge in [-0.05, 0) is 56.0 Å². The Labute approximate surface area is 188 Å². The second kappa shape index (κ2) is 8.70. The van der Waals surface area contributed by atoms with E-state index in [9.17, 15) is 14.3 Å². The first-order valence-corrected chi connectivity index (χ1v) is 11.0. The number of para-hydroxylation sites is 1. The van der Waals surface area contributed by atoms with E-state index in [-0.39, 0.29) is 32.5 Å². The maximum absolute atomic E-state index is 14.1. The maximum atomic E-state index is 14.1. The minimum Gasteiger partial charge on any atom is -0.507 e. The summed E-state index contributed by atoms with van der Waals surface area (Å²) in [6.45, 7) is 1.98. The molecule has 3 aromatic rings. The average molecular weight is 441 g/mol. The number of amides is 1. The standard InChI is InChI=1S/C24H25FN4O3.2H2/c25-15-7-8-19-18(14-15)23(28-22(27-19)17-4-1-2-5-20(17)30)29-11-9-16(10-12-29)26-24(31)21-6-3-13-32-21;;/h1-2,4-5,7-8,14,16,21,30H,3,6,9-13H2,(H,26,31);2*1H/t21-;;/m1../s1. The highest BCUT2D eigenvalue weighted by Crippen LogP contribution is 2.33. The number of aromatic nitrogens is 2. The number of hydrogen-bond donors (Lipinski definition) is 2. The first-order valence-electron chi connectivity index (χ1n) is 11.0. The Morgan fingerprint density at radius 2 is 1.97 bits per heavy atom. The molecule has 32 heavy (non-hydrogen) atoms. The lowest BCUT2D eigenvalue weighted by Gasteiger charge is -2.34. The number of carbonyl (C=O) groups excluding carboxylic acids is 1. The topological polar surface area (TPSA) is 87.6 Å². The summed E-state index contributed by atoms with van der Waals surface area (Å²) in [6, 6.07) is 11.4. The van der Waals surface area contributed by atoms with Crippen molar-refractivity contribution in [1.82, 2.24) is 15.3 Å². The van der Waals surface area contributed by atoms with Gasteiger partial charge in [-0.25, -0.2) is 14.4 Å². The number of fused-ring (bicyclic) bond motifs is 1. The third-order valence-corrected chi connectivity index (χ3v) is 6.15. The Morgan fingerprint density at radius 1 is 1.16 bits per heavy atom. The Hall–Kier alpha value is -3.26. The molecule has 2 aromatic carbocycles. The van der Waals surface area contributed by atoms with Gasteiger partial charge in [0.1, 0.15) is 23.5 Å². The smallest absolute Gasteiger partial charge is 0.249 e. The third kappa shape index (κ3) is 4.10. The van der Waals surface area contributed by atoms with Crippen molar-refractivity contribution in [2.45, 2.75) is 37.8 Å². The second-order valence-corrected chi connectivity index (χ2v) is 8.32. The first-order chi connectivity index (χ1) is 15.6. The molecule has 0 aliphatic carbocycles. The normalized spacial score (nSPS) is 19.4. The number of nitrogens with one attached hydrogen (secondary N) is 1. The molecule has 0 spiro atoms. The monoisotopic (exact) mass is 440 g/mol. The quantitative estimate of drug-likeness (QED) is 0.640. The van der Waals surface area contributed by atoms with Crippen molar-refractivity contribution in [2.24, 2.45) is 0 Å². The van der Waals surface area contributed by atoms with Gasteiger partial charge in [0.15, 0.2) is 5.82 Å². The van der Waals surface area contributed by atoms with Crippen LogP contribution >= 0.6 is 0 Å². The Balaban J connectivity index is 0.00000162. The Morgan fingerprint density at radius 3 is 2.72 bits per heavy atom. The van der Waals surface area contributed by atoms with Gasteiger partial charge in [0.05, 0.1) is 11.1 Å². The van der Waals surface area contributed by atoms with Crippen molar-refractivity contribution in [3.63, 3.8) is 0 Å². The van der Waals surface area contributed by atoms with Crippen molar-refractivity contribution in [3.8, 4) is 17.1 Å². The fraction of sp³-hybridized carbons (Fsp3) is 0.375. The van der Waals surface area contributed by atoms with Crippen LogP contribution in [0.15, 0.2) is 42.5 Å². The predicted octanol–water partition coefficient (Wildman–Crippen LogP) is 3.90. The number of phenolic OH excluding ortho intramolecular Hbond substituents is 1. The largest absolute Gasteiger partial charge is 0.507 e. The molecule has 1 amide bonds. The van der Waals surface area contributed by atoms with Crippen LogP contribution in [0.4, 0.5) is 10.2 Å².